The maximum absolute atomic E-state index is 13.5. The third-order valence-corrected chi connectivity index (χ3v) is 5.98. The summed E-state index contributed by atoms with van der Waals surface area (Å²) in [6.45, 7) is 4.71. The molecule has 1 aromatic carbocycles. The van der Waals surface area contributed by atoms with Gasteiger partial charge in [-0.1, -0.05) is 13.8 Å². The number of fused-ring (bicyclic) bond motifs is 1. The van der Waals surface area contributed by atoms with Gasteiger partial charge in [0.25, 0.3) is 0 Å². The lowest BCUT2D eigenvalue weighted by atomic mass is 9.79. The number of benzene rings is 1. The average Bonchev–Trinajstić information content (AvgIpc) is 2.42. The van der Waals surface area contributed by atoms with Crippen LogP contribution in [0.1, 0.15) is 51.1 Å². The van der Waals surface area contributed by atoms with Gasteiger partial charge in [0.1, 0.15) is 5.82 Å². The molecule has 0 radical (unpaired) electrons. The number of halogens is 1. The van der Waals surface area contributed by atoms with Gasteiger partial charge < -0.3 is 5.32 Å². The Morgan fingerprint density at radius 1 is 1.20 bits per heavy atom. The second-order valence-electron chi connectivity index (χ2n) is 6.54. The monoisotopic (exact) mass is 293 g/mol. The molecule has 0 amide bonds. The fourth-order valence-corrected chi connectivity index (χ4v) is 4.82. The maximum Gasteiger partial charge on any atom is 0.123 e. The molecule has 20 heavy (non-hydrogen) atoms. The molecule has 0 aromatic heterocycles. The lowest BCUT2D eigenvalue weighted by molar-refractivity contribution is 0.211. The van der Waals surface area contributed by atoms with E-state index in [1.165, 1.54) is 29.7 Å². The Balaban J connectivity index is 1.74. The molecular weight excluding hydrogens is 269 g/mol. The van der Waals surface area contributed by atoms with Gasteiger partial charge in [0.05, 0.1) is 0 Å². The highest BCUT2D eigenvalue weighted by atomic mass is 32.2. The van der Waals surface area contributed by atoms with Crippen molar-refractivity contribution in [3.8, 4) is 0 Å². The Morgan fingerprint density at radius 3 is 2.85 bits per heavy atom. The predicted molar refractivity (Wildman–Crippen MR) is 83.6 cm³/mol. The molecule has 3 heteroatoms. The van der Waals surface area contributed by atoms with E-state index in [1.807, 2.05) is 17.8 Å². The van der Waals surface area contributed by atoms with Crippen LogP contribution in [0.25, 0.3) is 0 Å². The molecule has 3 rings (SSSR count). The van der Waals surface area contributed by atoms with Crippen molar-refractivity contribution in [1.29, 1.82) is 0 Å². The third kappa shape index (κ3) is 3.04. The molecule has 1 nitrogen and oxygen atoms in total. The second-order valence-corrected chi connectivity index (χ2v) is 7.68. The van der Waals surface area contributed by atoms with Gasteiger partial charge in [0.2, 0.25) is 0 Å². The van der Waals surface area contributed by atoms with Gasteiger partial charge in [-0.2, -0.15) is 0 Å². The number of hydrogen-bond donors (Lipinski definition) is 1. The highest BCUT2D eigenvalue weighted by Gasteiger charge is 2.29. The Kier molecular flexibility index (Phi) is 4.37. The second kappa shape index (κ2) is 6.07. The van der Waals surface area contributed by atoms with Gasteiger partial charge in [-0.05, 0) is 67.0 Å². The van der Waals surface area contributed by atoms with Gasteiger partial charge in [0, 0.05) is 17.0 Å². The van der Waals surface area contributed by atoms with Crippen LogP contribution in [0.3, 0.4) is 0 Å². The van der Waals surface area contributed by atoms with E-state index in [2.05, 4.69) is 19.2 Å². The molecule has 1 aliphatic heterocycles. The normalized spacial score (nSPS) is 33.8. The van der Waals surface area contributed by atoms with Crippen molar-refractivity contribution in [2.24, 2.45) is 11.8 Å². The van der Waals surface area contributed by atoms with E-state index >= 15 is 0 Å². The van der Waals surface area contributed by atoms with Crippen molar-refractivity contribution < 1.29 is 4.39 Å². The van der Waals surface area contributed by atoms with E-state index in [1.54, 1.807) is 12.1 Å². The summed E-state index contributed by atoms with van der Waals surface area (Å²) in [5.74, 6) is 2.61. The number of rotatable bonds is 2. The van der Waals surface area contributed by atoms with Crippen LogP contribution in [0, 0.1) is 17.7 Å². The van der Waals surface area contributed by atoms with Gasteiger partial charge >= 0.3 is 0 Å². The standard InChI is InChI=1S/C17H24FNS/c1-11-3-5-15(12(2)9-11)19-16-7-8-20-17-6-4-13(18)10-14(16)17/h4,6,10-12,15-16,19H,3,5,7-9H2,1-2H3. The summed E-state index contributed by atoms with van der Waals surface area (Å²) >= 11 is 1.86. The molecule has 2 aliphatic rings. The first kappa shape index (κ1) is 14.4. The van der Waals surface area contributed by atoms with E-state index < -0.39 is 0 Å². The van der Waals surface area contributed by atoms with Crippen LogP contribution < -0.4 is 5.32 Å². The van der Waals surface area contributed by atoms with Crippen molar-refractivity contribution in [1.82, 2.24) is 5.32 Å². The van der Waals surface area contributed by atoms with Crippen molar-refractivity contribution in [2.75, 3.05) is 5.75 Å². The smallest absolute Gasteiger partial charge is 0.123 e. The first-order valence-corrected chi connectivity index (χ1v) is 8.80. The summed E-state index contributed by atoms with van der Waals surface area (Å²) in [4.78, 5) is 1.26. The molecule has 4 atom stereocenters. The van der Waals surface area contributed by atoms with Crippen molar-refractivity contribution >= 4 is 11.8 Å². The van der Waals surface area contributed by atoms with Crippen LogP contribution in [0.15, 0.2) is 23.1 Å². The highest BCUT2D eigenvalue weighted by Crippen LogP contribution is 2.38. The molecule has 110 valence electrons. The van der Waals surface area contributed by atoms with E-state index in [0.717, 1.165) is 24.0 Å². The lowest BCUT2D eigenvalue weighted by Crippen LogP contribution is -2.41. The largest absolute Gasteiger partial charge is 0.307 e. The molecule has 1 heterocycles. The van der Waals surface area contributed by atoms with Crippen LogP contribution in [-0.2, 0) is 0 Å². The van der Waals surface area contributed by atoms with Gasteiger partial charge in [-0.15, -0.1) is 11.8 Å². The predicted octanol–water partition coefficient (Wildman–Crippen LogP) is 4.78. The molecule has 0 spiro atoms. The zero-order chi connectivity index (χ0) is 14.1. The summed E-state index contributed by atoms with van der Waals surface area (Å²) in [6, 6.07) is 6.18. The fraction of sp³-hybridized carbons (Fsp3) is 0.647. The fourth-order valence-electron chi connectivity index (χ4n) is 3.71. The molecule has 1 aromatic rings. The minimum atomic E-state index is -0.108. The summed E-state index contributed by atoms with van der Waals surface area (Å²) in [5.41, 5.74) is 1.17. The molecule has 1 saturated carbocycles. The summed E-state index contributed by atoms with van der Waals surface area (Å²) in [5, 5.41) is 3.83. The van der Waals surface area contributed by atoms with Gasteiger partial charge in [-0.25, -0.2) is 4.39 Å². The van der Waals surface area contributed by atoms with Crippen LogP contribution in [-0.4, -0.2) is 11.8 Å². The lowest BCUT2D eigenvalue weighted by Gasteiger charge is -2.37. The van der Waals surface area contributed by atoms with Crippen LogP contribution >= 0.6 is 11.8 Å². The summed E-state index contributed by atoms with van der Waals surface area (Å²) in [7, 11) is 0. The topological polar surface area (TPSA) is 12.0 Å². The van der Waals surface area contributed by atoms with Crippen molar-refractivity contribution in [3.05, 3.63) is 29.6 Å². The van der Waals surface area contributed by atoms with E-state index in [0.29, 0.717) is 12.1 Å². The molecule has 4 unspecified atom stereocenters. The number of thioether (sulfide) groups is 1. The molecule has 0 bridgehead atoms. The van der Waals surface area contributed by atoms with E-state index in [4.69, 9.17) is 0 Å². The zero-order valence-electron chi connectivity index (χ0n) is 12.4. The number of hydrogen-bond acceptors (Lipinski definition) is 2. The summed E-state index contributed by atoms with van der Waals surface area (Å²) < 4.78 is 13.5. The van der Waals surface area contributed by atoms with Crippen LogP contribution in [0.4, 0.5) is 4.39 Å². The minimum absolute atomic E-state index is 0.108. The first-order valence-electron chi connectivity index (χ1n) is 7.82. The summed E-state index contributed by atoms with van der Waals surface area (Å²) in [6.07, 6.45) is 5.01. The Bertz CT molecular complexity index is 476. The highest BCUT2D eigenvalue weighted by molar-refractivity contribution is 7.99. The maximum atomic E-state index is 13.5. The Labute approximate surface area is 125 Å². The average molecular weight is 293 g/mol. The SMILES string of the molecule is CC1CCC(NC2CCSc3ccc(F)cc32)C(C)C1. The minimum Gasteiger partial charge on any atom is -0.307 e. The molecule has 1 N–H and O–H groups in total. The molecule has 1 fully saturated rings. The van der Waals surface area contributed by atoms with Gasteiger partial charge in [-0.3, -0.25) is 0 Å². The van der Waals surface area contributed by atoms with E-state index in [9.17, 15) is 4.39 Å². The molecule has 0 saturated heterocycles. The van der Waals surface area contributed by atoms with Gasteiger partial charge in [0.15, 0.2) is 0 Å². The van der Waals surface area contributed by atoms with Crippen LogP contribution in [0.5, 0.6) is 0 Å². The number of nitrogens with one attached hydrogen (secondary N) is 1. The first-order chi connectivity index (χ1) is 9.63. The molecule has 1 aliphatic carbocycles. The Hall–Kier alpha value is -0.540. The Morgan fingerprint density at radius 2 is 2.05 bits per heavy atom. The molecular formula is C17H24FNS. The zero-order valence-corrected chi connectivity index (χ0v) is 13.2. The quantitative estimate of drug-likeness (QED) is 0.842. The van der Waals surface area contributed by atoms with Crippen LogP contribution in [0.2, 0.25) is 0 Å². The van der Waals surface area contributed by atoms with Crippen molar-refractivity contribution in [3.63, 3.8) is 0 Å². The van der Waals surface area contributed by atoms with E-state index in [-0.39, 0.29) is 5.82 Å². The third-order valence-electron chi connectivity index (χ3n) is 4.86. The van der Waals surface area contributed by atoms with Crippen molar-refractivity contribution in [2.45, 2.75) is 56.5 Å².